The second kappa shape index (κ2) is 5.93. The molecule has 0 unspecified atom stereocenters. The molecule has 23 heavy (non-hydrogen) atoms. The average molecular weight is 308 g/mol. The van der Waals surface area contributed by atoms with Gasteiger partial charge >= 0.3 is 0 Å². The third kappa shape index (κ3) is 2.75. The summed E-state index contributed by atoms with van der Waals surface area (Å²) in [5, 5.41) is 3.46. The van der Waals surface area contributed by atoms with Crippen LogP contribution < -0.4 is 10.2 Å². The van der Waals surface area contributed by atoms with Gasteiger partial charge in [-0.3, -0.25) is 0 Å². The van der Waals surface area contributed by atoms with E-state index in [1.165, 1.54) is 11.4 Å². The molecule has 0 amide bonds. The molecule has 1 fully saturated rings. The van der Waals surface area contributed by atoms with Crippen molar-refractivity contribution >= 4 is 22.7 Å². The quantitative estimate of drug-likeness (QED) is 0.806. The average Bonchev–Trinajstić information content (AvgIpc) is 3.10. The maximum absolute atomic E-state index is 5.40. The molecule has 0 aliphatic carbocycles. The molecule has 0 radical (unpaired) electrons. The second-order valence-electron chi connectivity index (χ2n) is 5.78. The number of nitrogens with one attached hydrogen (secondary N) is 1. The first-order valence-electron chi connectivity index (χ1n) is 7.94. The number of imidazole rings is 1. The number of nitrogens with zero attached hydrogens (tertiary/aromatic N) is 3. The molecule has 5 nitrogen and oxygen atoms in total. The number of benzene rings is 1. The van der Waals surface area contributed by atoms with Crippen LogP contribution >= 0.6 is 0 Å². The summed E-state index contributed by atoms with van der Waals surface area (Å²) in [5.41, 5.74) is 5.44. The molecular weight excluding hydrogens is 288 g/mol. The number of pyridine rings is 1. The van der Waals surface area contributed by atoms with Crippen LogP contribution in [0.2, 0.25) is 0 Å². The number of morpholine rings is 1. The van der Waals surface area contributed by atoms with Crippen LogP contribution in [0.1, 0.15) is 5.69 Å². The van der Waals surface area contributed by atoms with Gasteiger partial charge in [0.2, 0.25) is 0 Å². The van der Waals surface area contributed by atoms with Gasteiger partial charge in [0.05, 0.1) is 18.9 Å². The van der Waals surface area contributed by atoms with Crippen molar-refractivity contribution in [3.8, 4) is 0 Å². The minimum absolute atomic E-state index is 0.807. The first kappa shape index (κ1) is 14.1. The maximum atomic E-state index is 5.40. The van der Waals surface area contributed by atoms with E-state index in [4.69, 9.17) is 4.74 Å². The van der Waals surface area contributed by atoms with Gasteiger partial charge in [-0.25, -0.2) is 4.98 Å². The number of fused-ring (bicyclic) bond motifs is 1. The van der Waals surface area contributed by atoms with E-state index in [0.717, 1.165) is 43.3 Å². The van der Waals surface area contributed by atoms with Crippen molar-refractivity contribution in [1.29, 1.82) is 0 Å². The number of ether oxygens (including phenoxy) is 1. The van der Waals surface area contributed by atoms with Gasteiger partial charge in [0.15, 0.2) is 5.65 Å². The van der Waals surface area contributed by atoms with E-state index in [9.17, 15) is 0 Å². The molecule has 1 aliphatic rings. The Balaban J connectivity index is 1.56. The summed E-state index contributed by atoms with van der Waals surface area (Å²) in [5.74, 6) is 0. The fourth-order valence-corrected chi connectivity index (χ4v) is 2.98. The van der Waals surface area contributed by atoms with E-state index in [0.29, 0.717) is 0 Å². The van der Waals surface area contributed by atoms with E-state index in [1.54, 1.807) is 0 Å². The van der Waals surface area contributed by atoms with Gasteiger partial charge in [-0.2, -0.15) is 0 Å². The van der Waals surface area contributed by atoms with E-state index >= 15 is 0 Å². The molecule has 0 atom stereocenters. The van der Waals surface area contributed by atoms with Gasteiger partial charge in [0.1, 0.15) is 0 Å². The Morgan fingerprint density at radius 1 is 1.04 bits per heavy atom. The fourth-order valence-electron chi connectivity index (χ4n) is 2.98. The molecule has 1 aliphatic heterocycles. The van der Waals surface area contributed by atoms with Gasteiger partial charge in [-0.1, -0.05) is 0 Å². The molecule has 1 aromatic carbocycles. The van der Waals surface area contributed by atoms with Crippen molar-refractivity contribution in [2.75, 3.05) is 36.5 Å². The minimum Gasteiger partial charge on any atom is -0.378 e. The molecule has 0 spiro atoms. The second-order valence-corrected chi connectivity index (χ2v) is 5.78. The van der Waals surface area contributed by atoms with Gasteiger partial charge < -0.3 is 19.4 Å². The minimum atomic E-state index is 0.807. The Morgan fingerprint density at radius 3 is 2.61 bits per heavy atom. The predicted octanol–water partition coefficient (Wildman–Crippen LogP) is 3.22. The third-order valence-electron chi connectivity index (χ3n) is 4.28. The smallest absolute Gasteiger partial charge is 0.160 e. The van der Waals surface area contributed by atoms with Crippen molar-refractivity contribution in [3.05, 3.63) is 54.5 Å². The van der Waals surface area contributed by atoms with Crippen LogP contribution in [-0.4, -0.2) is 35.7 Å². The van der Waals surface area contributed by atoms with Crippen LogP contribution in [0.25, 0.3) is 5.65 Å². The van der Waals surface area contributed by atoms with Crippen molar-refractivity contribution in [3.63, 3.8) is 0 Å². The standard InChI is InChI=1S/C18H20N4O/c1-14-2-7-17(18-19-8-9-22(14)18)20-15-3-5-16(6-4-15)21-10-12-23-13-11-21/h2-9,20H,10-13H2,1H3. The zero-order valence-electron chi connectivity index (χ0n) is 13.2. The van der Waals surface area contributed by atoms with Gasteiger partial charge in [0.25, 0.3) is 0 Å². The Morgan fingerprint density at radius 2 is 1.83 bits per heavy atom. The summed E-state index contributed by atoms with van der Waals surface area (Å²) in [6.45, 7) is 5.61. The monoisotopic (exact) mass is 308 g/mol. The molecule has 1 N–H and O–H groups in total. The van der Waals surface area contributed by atoms with Crippen LogP contribution in [0.3, 0.4) is 0 Å². The molecule has 3 aromatic rings. The van der Waals surface area contributed by atoms with Crippen LogP contribution in [-0.2, 0) is 4.74 Å². The highest BCUT2D eigenvalue weighted by Gasteiger charge is 2.11. The summed E-state index contributed by atoms with van der Waals surface area (Å²) < 4.78 is 7.49. The number of hydrogen-bond acceptors (Lipinski definition) is 4. The number of aromatic nitrogens is 2. The topological polar surface area (TPSA) is 41.8 Å². The van der Waals surface area contributed by atoms with E-state index < -0.39 is 0 Å². The molecule has 2 aromatic heterocycles. The number of rotatable bonds is 3. The highest BCUT2D eigenvalue weighted by atomic mass is 16.5. The first-order chi connectivity index (χ1) is 11.3. The fraction of sp³-hybridized carbons (Fsp3) is 0.278. The maximum Gasteiger partial charge on any atom is 0.160 e. The largest absolute Gasteiger partial charge is 0.378 e. The zero-order chi connectivity index (χ0) is 15.6. The summed E-state index contributed by atoms with van der Waals surface area (Å²) in [7, 11) is 0. The van der Waals surface area contributed by atoms with Crippen LogP contribution in [0.4, 0.5) is 17.1 Å². The van der Waals surface area contributed by atoms with Gasteiger partial charge in [-0.05, 0) is 43.3 Å². The lowest BCUT2D eigenvalue weighted by atomic mass is 10.2. The van der Waals surface area contributed by atoms with E-state index in [-0.39, 0.29) is 0 Å². The lowest BCUT2D eigenvalue weighted by Crippen LogP contribution is -2.36. The Labute approximate surface area is 135 Å². The van der Waals surface area contributed by atoms with Crippen molar-refractivity contribution < 1.29 is 4.74 Å². The summed E-state index contributed by atoms with van der Waals surface area (Å²) in [6.07, 6.45) is 3.81. The first-order valence-corrected chi connectivity index (χ1v) is 7.94. The Hall–Kier alpha value is -2.53. The normalized spacial score (nSPS) is 15.1. The third-order valence-corrected chi connectivity index (χ3v) is 4.28. The molecular formula is C18H20N4O. The highest BCUT2D eigenvalue weighted by molar-refractivity contribution is 5.74. The van der Waals surface area contributed by atoms with Crippen LogP contribution in [0, 0.1) is 6.92 Å². The van der Waals surface area contributed by atoms with Crippen LogP contribution in [0.15, 0.2) is 48.8 Å². The molecule has 0 saturated carbocycles. The van der Waals surface area contributed by atoms with Gasteiger partial charge in [-0.15, -0.1) is 0 Å². The molecule has 1 saturated heterocycles. The molecule has 4 rings (SSSR count). The van der Waals surface area contributed by atoms with Gasteiger partial charge in [0, 0.05) is 42.6 Å². The Kier molecular flexibility index (Phi) is 3.63. The summed E-state index contributed by atoms with van der Waals surface area (Å²) in [4.78, 5) is 6.80. The van der Waals surface area contributed by atoms with Crippen LogP contribution in [0.5, 0.6) is 0 Å². The zero-order valence-corrected chi connectivity index (χ0v) is 13.2. The predicted molar refractivity (Wildman–Crippen MR) is 92.7 cm³/mol. The lowest BCUT2D eigenvalue weighted by molar-refractivity contribution is 0.122. The van der Waals surface area contributed by atoms with Crippen molar-refractivity contribution in [2.24, 2.45) is 0 Å². The molecule has 0 bridgehead atoms. The number of hydrogen-bond donors (Lipinski definition) is 1. The lowest BCUT2D eigenvalue weighted by Gasteiger charge is -2.28. The number of aryl methyl sites for hydroxylation is 1. The highest BCUT2D eigenvalue weighted by Crippen LogP contribution is 2.24. The van der Waals surface area contributed by atoms with E-state index in [1.807, 2.05) is 12.4 Å². The summed E-state index contributed by atoms with van der Waals surface area (Å²) in [6, 6.07) is 12.7. The molecule has 3 heterocycles. The SMILES string of the molecule is Cc1ccc(Nc2ccc(N3CCOCC3)cc2)c2nccn12. The van der Waals surface area contributed by atoms with E-state index in [2.05, 4.69) is 62.9 Å². The van der Waals surface area contributed by atoms with Crippen molar-refractivity contribution in [2.45, 2.75) is 6.92 Å². The molecule has 5 heteroatoms. The molecule has 118 valence electrons. The number of anilines is 3. The Bertz CT molecular complexity index is 804. The summed E-state index contributed by atoms with van der Waals surface area (Å²) >= 11 is 0. The van der Waals surface area contributed by atoms with Crippen molar-refractivity contribution in [1.82, 2.24) is 9.38 Å².